The summed E-state index contributed by atoms with van der Waals surface area (Å²) in [5, 5.41) is 8.81. The van der Waals surface area contributed by atoms with E-state index >= 15 is 0 Å². The standard InChI is InChI=1S/C14H14N2O2/c1-9(2)17-12-5-3-10(4-6-12)13-7-11(8-15)14(16)18-13/h3-7,9H,16H2,1-2H3. The second-order valence-corrected chi connectivity index (χ2v) is 4.19. The van der Waals surface area contributed by atoms with Crippen LogP contribution in [0.5, 0.6) is 5.75 Å². The molecule has 1 heterocycles. The summed E-state index contributed by atoms with van der Waals surface area (Å²) in [5.41, 5.74) is 6.79. The highest BCUT2D eigenvalue weighted by molar-refractivity contribution is 5.64. The Morgan fingerprint density at radius 3 is 2.44 bits per heavy atom. The molecule has 92 valence electrons. The molecule has 0 amide bonds. The molecule has 4 heteroatoms. The van der Waals surface area contributed by atoms with Gasteiger partial charge in [-0.2, -0.15) is 5.26 Å². The molecule has 18 heavy (non-hydrogen) atoms. The van der Waals surface area contributed by atoms with Gasteiger partial charge in [0.05, 0.1) is 6.10 Å². The quantitative estimate of drug-likeness (QED) is 0.897. The van der Waals surface area contributed by atoms with Crippen LogP contribution >= 0.6 is 0 Å². The van der Waals surface area contributed by atoms with E-state index in [1.807, 2.05) is 44.2 Å². The minimum atomic E-state index is 0.139. The first-order valence-corrected chi connectivity index (χ1v) is 5.66. The molecule has 2 N–H and O–H groups in total. The first-order chi connectivity index (χ1) is 8.60. The molecular formula is C14H14N2O2. The summed E-state index contributed by atoms with van der Waals surface area (Å²) in [6, 6.07) is 11.1. The third kappa shape index (κ3) is 2.46. The molecule has 2 aromatic rings. The van der Waals surface area contributed by atoms with Crippen molar-refractivity contribution in [3.05, 3.63) is 35.9 Å². The normalized spacial score (nSPS) is 10.3. The fourth-order valence-electron chi connectivity index (χ4n) is 1.60. The molecule has 2 rings (SSSR count). The van der Waals surface area contributed by atoms with Crippen molar-refractivity contribution in [3.8, 4) is 23.1 Å². The predicted molar refractivity (Wildman–Crippen MR) is 69.0 cm³/mol. The fourth-order valence-corrected chi connectivity index (χ4v) is 1.60. The van der Waals surface area contributed by atoms with Crippen molar-refractivity contribution in [2.45, 2.75) is 20.0 Å². The predicted octanol–water partition coefficient (Wildman–Crippen LogP) is 3.19. The second kappa shape index (κ2) is 4.84. The van der Waals surface area contributed by atoms with Gasteiger partial charge in [-0.15, -0.1) is 0 Å². The van der Waals surface area contributed by atoms with E-state index < -0.39 is 0 Å². The second-order valence-electron chi connectivity index (χ2n) is 4.19. The van der Waals surface area contributed by atoms with Crippen LogP contribution in [-0.4, -0.2) is 6.10 Å². The highest BCUT2D eigenvalue weighted by Crippen LogP contribution is 2.28. The third-order valence-corrected chi connectivity index (χ3v) is 2.39. The minimum absolute atomic E-state index is 0.139. The zero-order valence-corrected chi connectivity index (χ0v) is 10.3. The summed E-state index contributed by atoms with van der Waals surface area (Å²) in [6.45, 7) is 3.95. The van der Waals surface area contributed by atoms with Crippen molar-refractivity contribution in [1.82, 2.24) is 0 Å². The van der Waals surface area contributed by atoms with E-state index in [0.29, 0.717) is 11.3 Å². The molecule has 0 saturated heterocycles. The maximum absolute atomic E-state index is 8.81. The average Bonchev–Trinajstić information content (AvgIpc) is 2.71. The summed E-state index contributed by atoms with van der Waals surface area (Å²) in [6.07, 6.45) is 0.139. The number of benzene rings is 1. The van der Waals surface area contributed by atoms with Gasteiger partial charge in [0.2, 0.25) is 5.88 Å². The lowest BCUT2D eigenvalue weighted by Crippen LogP contribution is -2.05. The van der Waals surface area contributed by atoms with Gasteiger partial charge in [-0.3, -0.25) is 0 Å². The largest absolute Gasteiger partial charge is 0.491 e. The van der Waals surface area contributed by atoms with Gasteiger partial charge in [-0.25, -0.2) is 0 Å². The van der Waals surface area contributed by atoms with Gasteiger partial charge in [0, 0.05) is 11.6 Å². The topological polar surface area (TPSA) is 72.2 Å². The Morgan fingerprint density at radius 2 is 1.94 bits per heavy atom. The van der Waals surface area contributed by atoms with Gasteiger partial charge in [0.15, 0.2) is 0 Å². The first kappa shape index (κ1) is 12.1. The van der Waals surface area contributed by atoms with E-state index in [-0.39, 0.29) is 12.0 Å². The summed E-state index contributed by atoms with van der Waals surface area (Å²) in [5.74, 6) is 1.53. The van der Waals surface area contributed by atoms with E-state index in [2.05, 4.69) is 0 Å². The van der Waals surface area contributed by atoms with E-state index in [0.717, 1.165) is 11.3 Å². The summed E-state index contributed by atoms with van der Waals surface area (Å²) in [4.78, 5) is 0. The molecule has 0 aliphatic heterocycles. The summed E-state index contributed by atoms with van der Waals surface area (Å²) in [7, 11) is 0. The monoisotopic (exact) mass is 242 g/mol. The lowest BCUT2D eigenvalue weighted by molar-refractivity contribution is 0.242. The van der Waals surface area contributed by atoms with Crippen LogP contribution in [0.2, 0.25) is 0 Å². The number of anilines is 1. The number of hydrogen-bond donors (Lipinski definition) is 1. The Labute approximate surface area is 106 Å². The Kier molecular flexibility index (Phi) is 3.24. The molecule has 1 aromatic carbocycles. The maximum Gasteiger partial charge on any atom is 0.208 e. The maximum atomic E-state index is 8.81. The van der Waals surface area contributed by atoms with E-state index in [1.54, 1.807) is 6.07 Å². The van der Waals surface area contributed by atoms with Crippen LogP contribution in [0.1, 0.15) is 19.4 Å². The molecule has 0 unspecified atom stereocenters. The molecule has 0 spiro atoms. The number of rotatable bonds is 3. The molecular weight excluding hydrogens is 228 g/mol. The van der Waals surface area contributed by atoms with Crippen molar-refractivity contribution in [2.75, 3.05) is 5.73 Å². The number of nitrogen functional groups attached to an aromatic ring is 1. The number of furan rings is 1. The third-order valence-electron chi connectivity index (χ3n) is 2.39. The zero-order chi connectivity index (χ0) is 13.1. The molecule has 0 aliphatic carbocycles. The smallest absolute Gasteiger partial charge is 0.208 e. The number of nitriles is 1. The van der Waals surface area contributed by atoms with E-state index in [1.165, 1.54) is 0 Å². The molecule has 4 nitrogen and oxygen atoms in total. The fraction of sp³-hybridized carbons (Fsp3) is 0.214. The van der Waals surface area contributed by atoms with Crippen LogP contribution in [-0.2, 0) is 0 Å². The highest BCUT2D eigenvalue weighted by atomic mass is 16.5. The minimum Gasteiger partial charge on any atom is -0.491 e. The van der Waals surface area contributed by atoms with Gasteiger partial charge >= 0.3 is 0 Å². The summed E-state index contributed by atoms with van der Waals surface area (Å²) < 4.78 is 10.9. The van der Waals surface area contributed by atoms with Crippen molar-refractivity contribution >= 4 is 5.88 Å². The van der Waals surface area contributed by atoms with Crippen LogP contribution in [0, 0.1) is 11.3 Å². The molecule has 0 radical (unpaired) electrons. The Balaban J connectivity index is 2.26. The van der Waals surface area contributed by atoms with Crippen molar-refractivity contribution < 1.29 is 9.15 Å². The van der Waals surface area contributed by atoms with Gasteiger partial charge in [-0.1, -0.05) is 0 Å². The molecule has 0 atom stereocenters. The lowest BCUT2D eigenvalue weighted by Gasteiger charge is -2.09. The van der Waals surface area contributed by atoms with Crippen LogP contribution < -0.4 is 10.5 Å². The van der Waals surface area contributed by atoms with Gasteiger partial charge < -0.3 is 14.9 Å². The Morgan fingerprint density at radius 1 is 1.28 bits per heavy atom. The Bertz CT molecular complexity index is 577. The molecule has 0 fully saturated rings. The number of nitrogens with two attached hydrogens (primary N) is 1. The number of ether oxygens (including phenoxy) is 1. The van der Waals surface area contributed by atoms with Crippen molar-refractivity contribution in [1.29, 1.82) is 5.26 Å². The van der Waals surface area contributed by atoms with E-state index in [4.69, 9.17) is 20.1 Å². The molecule has 0 aliphatic rings. The highest BCUT2D eigenvalue weighted by Gasteiger charge is 2.09. The van der Waals surface area contributed by atoms with Crippen LogP contribution in [0.25, 0.3) is 11.3 Å². The number of nitrogens with zero attached hydrogens (tertiary/aromatic N) is 1. The molecule has 0 saturated carbocycles. The summed E-state index contributed by atoms with van der Waals surface area (Å²) >= 11 is 0. The average molecular weight is 242 g/mol. The first-order valence-electron chi connectivity index (χ1n) is 5.66. The Hall–Kier alpha value is -2.41. The van der Waals surface area contributed by atoms with Crippen molar-refractivity contribution in [2.24, 2.45) is 0 Å². The van der Waals surface area contributed by atoms with Crippen LogP contribution in [0.3, 0.4) is 0 Å². The lowest BCUT2D eigenvalue weighted by atomic mass is 10.1. The van der Waals surface area contributed by atoms with Gasteiger partial charge in [0.1, 0.15) is 23.1 Å². The van der Waals surface area contributed by atoms with Gasteiger partial charge in [-0.05, 0) is 38.1 Å². The van der Waals surface area contributed by atoms with Crippen LogP contribution in [0.15, 0.2) is 34.7 Å². The SMILES string of the molecule is CC(C)Oc1ccc(-c2cc(C#N)c(N)o2)cc1. The van der Waals surface area contributed by atoms with E-state index in [9.17, 15) is 0 Å². The van der Waals surface area contributed by atoms with Crippen molar-refractivity contribution in [3.63, 3.8) is 0 Å². The van der Waals surface area contributed by atoms with Crippen LogP contribution in [0.4, 0.5) is 5.88 Å². The van der Waals surface area contributed by atoms with Gasteiger partial charge in [0.25, 0.3) is 0 Å². The molecule has 0 bridgehead atoms. The number of hydrogen-bond acceptors (Lipinski definition) is 4. The zero-order valence-electron chi connectivity index (χ0n) is 10.3. The molecule has 1 aromatic heterocycles.